The molecule has 2 rings (SSSR count). The highest BCUT2D eigenvalue weighted by Gasteiger charge is 2.32. The lowest BCUT2D eigenvalue weighted by Gasteiger charge is -2.05. The zero-order chi connectivity index (χ0) is 11.8. The quantitative estimate of drug-likeness (QED) is 0.853. The van der Waals surface area contributed by atoms with Crippen molar-refractivity contribution < 1.29 is 17.9 Å². The summed E-state index contributed by atoms with van der Waals surface area (Å²) in [5.41, 5.74) is 0. The molecule has 1 saturated heterocycles. The van der Waals surface area contributed by atoms with Crippen molar-refractivity contribution in [1.29, 1.82) is 0 Å². The molecule has 1 N–H and O–H groups in total. The molecule has 0 aromatic carbocycles. The van der Waals surface area contributed by atoms with Crippen molar-refractivity contribution in [2.24, 2.45) is 0 Å². The number of hydrogen-bond acceptors (Lipinski definition) is 5. The fourth-order valence-electron chi connectivity index (χ4n) is 1.89. The summed E-state index contributed by atoms with van der Waals surface area (Å²) in [4.78, 5) is 3.98. The highest BCUT2D eigenvalue weighted by atomic mass is 32.2. The molecule has 16 heavy (non-hydrogen) atoms. The van der Waals surface area contributed by atoms with Gasteiger partial charge in [-0.3, -0.25) is 0 Å². The number of aliphatic hydroxyl groups excluding tert-OH is 1. The van der Waals surface area contributed by atoms with E-state index in [9.17, 15) is 13.5 Å². The Morgan fingerprint density at radius 1 is 1.69 bits per heavy atom. The van der Waals surface area contributed by atoms with Crippen LogP contribution in [-0.4, -0.2) is 29.5 Å². The monoisotopic (exact) mass is 245 g/mol. The molecule has 0 aliphatic carbocycles. The first-order valence-corrected chi connectivity index (χ1v) is 7.05. The van der Waals surface area contributed by atoms with Crippen LogP contribution in [0.1, 0.15) is 37.5 Å². The van der Waals surface area contributed by atoms with Crippen molar-refractivity contribution in [3.05, 3.63) is 17.8 Å². The van der Waals surface area contributed by atoms with Gasteiger partial charge in [0.15, 0.2) is 21.5 Å². The van der Waals surface area contributed by atoms with Crippen molar-refractivity contribution in [3.8, 4) is 0 Å². The third-order valence-electron chi connectivity index (χ3n) is 2.85. The normalized spacial score (nSPS) is 25.8. The largest absolute Gasteiger partial charge is 0.443 e. The standard InChI is InChI=1S/C10H15NO4S/c1-7(12)9-6-11-10(15-9)5-8-3-2-4-16(8,13)14/h6-8,12H,2-5H2,1H3. The fraction of sp³-hybridized carbons (Fsp3) is 0.700. The third-order valence-corrected chi connectivity index (χ3v) is 5.12. The Morgan fingerprint density at radius 3 is 2.94 bits per heavy atom. The van der Waals surface area contributed by atoms with Crippen LogP contribution in [0.25, 0.3) is 0 Å². The number of aromatic nitrogens is 1. The zero-order valence-corrected chi connectivity index (χ0v) is 9.90. The van der Waals surface area contributed by atoms with Crippen LogP contribution in [-0.2, 0) is 16.3 Å². The molecule has 0 amide bonds. The van der Waals surface area contributed by atoms with E-state index in [0.717, 1.165) is 6.42 Å². The first-order valence-electron chi connectivity index (χ1n) is 5.33. The molecular formula is C10H15NO4S. The average molecular weight is 245 g/mol. The minimum atomic E-state index is -2.96. The minimum absolute atomic E-state index is 0.266. The summed E-state index contributed by atoms with van der Waals surface area (Å²) in [7, 11) is -2.96. The predicted octanol–water partition coefficient (Wildman–Crippen LogP) is 0.848. The van der Waals surface area contributed by atoms with E-state index in [1.165, 1.54) is 6.20 Å². The molecule has 1 aliphatic rings. The predicted molar refractivity (Wildman–Crippen MR) is 57.6 cm³/mol. The number of rotatable bonds is 3. The van der Waals surface area contributed by atoms with E-state index in [-0.39, 0.29) is 11.0 Å². The molecule has 1 aromatic heterocycles. The van der Waals surface area contributed by atoms with Crippen LogP contribution in [0.4, 0.5) is 0 Å². The summed E-state index contributed by atoms with van der Waals surface area (Å²) in [6.07, 6.45) is 2.45. The first kappa shape index (κ1) is 11.6. The van der Waals surface area contributed by atoms with Crippen molar-refractivity contribution in [2.45, 2.75) is 37.5 Å². The van der Waals surface area contributed by atoms with Gasteiger partial charge in [-0.15, -0.1) is 0 Å². The molecule has 0 bridgehead atoms. The lowest BCUT2D eigenvalue weighted by atomic mass is 10.2. The van der Waals surface area contributed by atoms with Crippen LogP contribution in [0.2, 0.25) is 0 Å². The molecule has 1 fully saturated rings. The summed E-state index contributed by atoms with van der Waals surface area (Å²) in [5.74, 6) is 1.04. The molecule has 2 heterocycles. The van der Waals surface area contributed by atoms with Crippen LogP contribution in [0.3, 0.4) is 0 Å². The molecule has 2 atom stereocenters. The van der Waals surface area contributed by atoms with Crippen molar-refractivity contribution >= 4 is 9.84 Å². The van der Waals surface area contributed by atoms with E-state index in [0.29, 0.717) is 24.5 Å². The Hall–Kier alpha value is -0.880. The van der Waals surface area contributed by atoms with E-state index in [1.54, 1.807) is 6.92 Å². The van der Waals surface area contributed by atoms with Gasteiger partial charge < -0.3 is 9.52 Å². The second-order valence-corrected chi connectivity index (χ2v) is 6.57. The second-order valence-electron chi connectivity index (χ2n) is 4.17. The smallest absolute Gasteiger partial charge is 0.195 e. The average Bonchev–Trinajstić information content (AvgIpc) is 2.75. The molecule has 1 aromatic rings. The highest BCUT2D eigenvalue weighted by Crippen LogP contribution is 2.24. The summed E-state index contributed by atoms with van der Waals surface area (Å²) >= 11 is 0. The number of oxazole rings is 1. The van der Waals surface area contributed by atoms with Crippen LogP contribution >= 0.6 is 0 Å². The molecular weight excluding hydrogens is 230 g/mol. The molecule has 2 unspecified atom stereocenters. The van der Waals surface area contributed by atoms with E-state index in [4.69, 9.17) is 4.42 Å². The van der Waals surface area contributed by atoms with Crippen molar-refractivity contribution in [2.75, 3.05) is 5.75 Å². The zero-order valence-electron chi connectivity index (χ0n) is 9.09. The maximum Gasteiger partial charge on any atom is 0.195 e. The van der Waals surface area contributed by atoms with Crippen LogP contribution < -0.4 is 0 Å². The van der Waals surface area contributed by atoms with E-state index >= 15 is 0 Å². The fourth-order valence-corrected chi connectivity index (χ4v) is 3.72. The van der Waals surface area contributed by atoms with Crippen LogP contribution in [0.5, 0.6) is 0 Å². The van der Waals surface area contributed by atoms with Crippen molar-refractivity contribution in [1.82, 2.24) is 4.98 Å². The Labute approximate surface area is 94.4 Å². The Bertz CT molecular complexity index is 463. The number of hydrogen-bond donors (Lipinski definition) is 1. The Morgan fingerprint density at radius 2 is 2.44 bits per heavy atom. The van der Waals surface area contributed by atoms with Gasteiger partial charge in [0.05, 0.1) is 17.2 Å². The maximum atomic E-state index is 11.6. The van der Waals surface area contributed by atoms with Gasteiger partial charge in [-0.05, 0) is 19.8 Å². The summed E-state index contributed by atoms with van der Waals surface area (Å²) < 4.78 is 28.5. The number of sulfone groups is 1. The highest BCUT2D eigenvalue weighted by molar-refractivity contribution is 7.92. The van der Waals surface area contributed by atoms with Gasteiger partial charge in [0, 0.05) is 6.42 Å². The first-order chi connectivity index (χ1) is 7.49. The van der Waals surface area contributed by atoms with Gasteiger partial charge >= 0.3 is 0 Å². The summed E-state index contributed by atoms with van der Waals surface area (Å²) in [6.45, 7) is 1.58. The molecule has 6 heteroatoms. The van der Waals surface area contributed by atoms with Gasteiger partial charge in [0.1, 0.15) is 6.10 Å². The van der Waals surface area contributed by atoms with E-state index in [2.05, 4.69) is 4.98 Å². The topological polar surface area (TPSA) is 80.4 Å². The van der Waals surface area contributed by atoms with Crippen LogP contribution in [0, 0.1) is 0 Å². The lowest BCUT2D eigenvalue weighted by molar-refractivity contribution is 0.167. The summed E-state index contributed by atoms with van der Waals surface area (Å²) in [5, 5.41) is 8.88. The van der Waals surface area contributed by atoms with Gasteiger partial charge in [0.25, 0.3) is 0 Å². The van der Waals surface area contributed by atoms with Gasteiger partial charge in [-0.25, -0.2) is 13.4 Å². The molecule has 0 spiro atoms. The van der Waals surface area contributed by atoms with Gasteiger partial charge in [0.2, 0.25) is 0 Å². The molecule has 5 nitrogen and oxygen atoms in total. The van der Waals surface area contributed by atoms with Crippen molar-refractivity contribution in [3.63, 3.8) is 0 Å². The third kappa shape index (κ3) is 2.27. The number of nitrogens with zero attached hydrogens (tertiary/aromatic N) is 1. The van der Waals surface area contributed by atoms with Crippen LogP contribution in [0.15, 0.2) is 10.6 Å². The maximum absolute atomic E-state index is 11.6. The SMILES string of the molecule is CC(O)c1cnc(CC2CCCS2(=O)=O)o1. The Kier molecular flexibility index (Phi) is 3.03. The second kappa shape index (κ2) is 4.18. The molecule has 90 valence electrons. The Balaban J connectivity index is 2.09. The van der Waals surface area contributed by atoms with E-state index in [1.807, 2.05) is 0 Å². The van der Waals surface area contributed by atoms with Gasteiger partial charge in [-0.2, -0.15) is 0 Å². The minimum Gasteiger partial charge on any atom is -0.443 e. The molecule has 0 radical (unpaired) electrons. The summed E-state index contributed by atoms with van der Waals surface area (Å²) in [6, 6.07) is 0. The molecule has 0 saturated carbocycles. The molecule has 1 aliphatic heterocycles. The number of aliphatic hydroxyl groups is 1. The lowest BCUT2D eigenvalue weighted by Crippen LogP contribution is -2.18. The van der Waals surface area contributed by atoms with E-state index < -0.39 is 15.9 Å². The van der Waals surface area contributed by atoms with Gasteiger partial charge in [-0.1, -0.05) is 0 Å².